The Labute approximate surface area is 176 Å². The molecule has 0 saturated carbocycles. The summed E-state index contributed by atoms with van der Waals surface area (Å²) in [6.07, 6.45) is 5.39. The van der Waals surface area contributed by atoms with Crippen LogP contribution in [0.5, 0.6) is 0 Å². The summed E-state index contributed by atoms with van der Waals surface area (Å²) in [5, 5.41) is 18.0. The molecular formula is C20H28N10. The van der Waals surface area contributed by atoms with Crippen LogP contribution < -0.4 is 20.9 Å². The first-order valence-electron chi connectivity index (χ1n) is 10.1. The van der Waals surface area contributed by atoms with Gasteiger partial charge in [0, 0.05) is 30.3 Å². The van der Waals surface area contributed by atoms with E-state index < -0.39 is 0 Å². The van der Waals surface area contributed by atoms with Crippen LogP contribution in [0.25, 0.3) is 0 Å². The Hall–Kier alpha value is -3.43. The number of nitrogens with zero attached hydrogens (tertiary/aromatic N) is 6. The van der Waals surface area contributed by atoms with Gasteiger partial charge in [-0.25, -0.2) is 9.97 Å². The molecule has 1 aliphatic rings. The Morgan fingerprint density at radius 2 is 2.07 bits per heavy atom. The first kappa shape index (κ1) is 19.9. The van der Waals surface area contributed by atoms with Crippen molar-refractivity contribution in [3.8, 4) is 0 Å². The Morgan fingerprint density at radius 1 is 1.23 bits per heavy atom. The number of H-pyrrole nitrogens is 1. The fourth-order valence-electron chi connectivity index (χ4n) is 3.63. The first-order chi connectivity index (χ1) is 14.3. The summed E-state index contributed by atoms with van der Waals surface area (Å²) in [6, 6.07) is 4.25. The number of hydrogen-bond acceptors (Lipinski definition) is 9. The van der Waals surface area contributed by atoms with Gasteiger partial charge in [0.15, 0.2) is 0 Å². The van der Waals surface area contributed by atoms with E-state index in [0.29, 0.717) is 24.4 Å². The predicted molar refractivity (Wildman–Crippen MR) is 118 cm³/mol. The van der Waals surface area contributed by atoms with Crippen LogP contribution >= 0.6 is 0 Å². The number of aromatic amines is 1. The Morgan fingerprint density at radius 3 is 2.80 bits per heavy atom. The molecule has 1 aliphatic heterocycles. The molecule has 3 aromatic heterocycles. The van der Waals surface area contributed by atoms with Gasteiger partial charge in [0.2, 0.25) is 5.95 Å². The molecule has 0 aromatic carbocycles. The van der Waals surface area contributed by atoms with Gasteiger partial charge in [-0.3, -0.25) is 0 Å². The van der Waals surface area contributed by atoms with Crippen molar-refractivity contribution in [3.63, 3.8) is 0 Å². The fraction of sp³-hybridized carbons (Fsp3) is 0.450. The summed E-state index contributed by atoms with van der Waals surface area (Å²) in [5.74, 6) is 2.76. The summed E-state index contributed by atoms with van der Waals surface area (Å²) < 4.78 is 0. The standard InChI is InChI=1S/C20H28N10/c1-12(2)30-13(3)26-14-9-22-17(8-15(14)30)27-16-6-7-21-19(28-16)23-10-20(4,5)18-24-11-25-29-18/h6-9,11-13,26H,10H2,1-5H3,(H,24,25,29)(H2,21,22,23,27,28). The van der Waals surface area contributed by atoms with Crippen molar-refractivity contribution in [3.05, 3.63) is 36.7 Å². The minimum atomic E-state index is -0.241. The smallest absolute Gasteiger partial charge is 0.224 e. The Balaban J connectivity index is 1.47. The van der Waals surface area contributed by atoms with Crippen molar-refractivity contribution in [2.45, 2.75) is 52.2 Å². The molecule has 0 spiro atoms. The molecule has 30 heavy (non-hydrogen) atoms. The minimum absolute atomic E-state index is 0.236. The lowest BCUT2D eigenvalue weighted by Crippen LogP contribution is -2.38. The van der Waals surface area contributed by atoms with Crippen LogP contribution in [-0.4, -0.2) is 48.9 Å². The molecule has 0 fully saturated rings. The molecule has 0 amide bonds. The van der Waals surface area contributed by atoms with E-state index in [2.05, 4.69) is 85.6 Å². The zero-order valence-electron chi connectivity index (χ0n) is 17.9. The van der Waals surface area contributed by atoms with Crippen molar-refractivity contribution >= 4 is 29.0 Å². The van der Waals surface area contributed by atoms with Crippen LogP contribution in [0.15, 0.2) is 30.9 Å². The molecule has 0 aliphatic carbocycles. The van der Waals surface area contributed by atoms with Gasteiger partial charge in [0.25, 0.3) is 0 Å². The second-order valence-corrected chi connectivity index (χ2v) is 8.37. The van der Waals surface area contributed by atoms with E-state index in [1.165, 1.54) is 0 Å². The molecule has 1 unspecified atom stereocenters. The normalized spacial score (nSPS) is 15.8. The highest BCUT2D eigenvalue weighted by Crippen LogP contribution is 2.37. The maximum absolute atomic E-state index is 4.57. The maximum Gasteiger partial charge on any atom is 0.224 e. The van der Waals surface area contributed by atoms with Crippen molar-refractivity contribution in [1.29, 1.82) is 0 Å². The topological polar surface area (TPSA) is 120 Å². The van der Waals surface area contributed by atoms with Crippen molar-refractivity contribution in [2.24, 2.45) is 0 Å². The summed E-state index contributed by atoms with van der Waals surface area (Å²) in [6.45, 7) is 11.3. The second-order valence-electron chi connectivity index (χ2n) is 8.37. The van der Waals surface area contributed by atoms with Gasteiger partial charge >= 0.3 is 0 Å². The molecule has 0 radical (unpaired) electrons. The Bertz CT molecular complexity index is 999. The van der Waals surface area contributed by atoms with Gasteiger partial charge in [-0.15, -0.1) is 10.2 Å². The largest absolute Gasteiger partial charge is 0.362 e. The second kappa shape index (κ2) is 7.77. The number of aromatic nitrogens is 6. The number of hydrogen-bond donors (Lipinski definition) is 4. The van der Waals surface area contributed by atoms with Gasteiger partial charge in [0.1, 0.15) is 23.8 Å². The molecule has 4 N–H and O–H groups in total. The van der Waals surface area contributed by atoms with E-state index in [1.54, 1.807) is 12.5 Å². The highest BCUT2D eigenvalue weighted by Gasteiger charge is 2.28. The summed E-state index contributed by atoms with van der Waals surface area (Å²) in [4.78, 5) is 18.8. The van der Waals surface area contributed by atoms with E-state index in [-0.39, 0.29) is 11.6 Å². The predicted octanol–water partition coefficient (Wildman–Crippen LogP) is 3.11. The molecule has 1 atom stereocenters. The number of nitrogens with one attached hydrogen (secondary N) is 4. The van der Waals surface area contributed by atoms with Gasteiger partial charge < -0.3 is 25.8 Å². The lowest BCUT2D eigenvalue weighted by molar-refractivity contribution is 0.518. The third kappa shape index (κ3) is 3.98. The molecule has 4 heterocycles. The lowest BCUT2D eigenvalue weighted by Gasteiger charge is -2.28. The number of pyridine rings is 1. The van der Waals surface area contributed by atoms with E-state index in [9.17, 15) is 0 Å². The van der Waals surface area contributed by atoms with E-state index in [0.717, 1.165) is 23.0 Å². The van der Waals surface area contributed by atoms with Gasteiger partial charge in [-0.05, 0) is 26.8 Å². The number of anilines is 5. The van der Waals surface area contributed by atoms with Crippen LogP contribution in [-0.2, 0) is 5.41 Å². The molecule has 10 heteroatoms. The molecule has 10 nitrogen and oxygen atoms in total. The van der Waals surface area contributed by atoms with Crippen LogP contribution in [0.3, 0.4) is 0 Å². The fourth-order valence-corrected chi connectivity index (χ4v) is 3.63. The van der Waals surface area contributed by atoms with Crippen molar-refractivity contribution < 1.29 is 0 Å². The first-order valence-corrected chi connectivity index (χ1v) is 10.1. The van der Waals surface area contributed by atoms with E-state index in [1.807, 2.05) is 18.3 Å². The van der Waals surface area contributed by atoms with Crippen LogP contribution in [0.4, 0.5) is 29.0 Å². The number of fused-ring (bicyclic) bond motifs is 1. The van der Waals surface area contributed by atoms with Crippen LogP contribution in [0.1, 0.15) is 40.4 Å². The third-order valence-corrected chi connectivity index (χ3v) is 5.16. The van der Waals surface area contributed by atoms with Crippen LogP contribution in [0.2, 0.25) is 0 Å². The quantitative estimate of drug-likeness (QED) is 0.467. The molecule has 3 aromatic rings. The lowest BCUT2D eigenvalue weighted by atomic mass is 9.93. The highest BCUT2D eigenvalue weighted by atomic mass is 15.3. The van der Waals surface area contributed by atoms with E-state index in [4.69, 9.17) is 0 Å². The van der Waals surface area contributed by atoms with Gasteiger partial charge in [-0.1, -0.05) is 13.8 Å². The average Bonchev–Trinajstić information content (AvgIpc) is 3.34. The monoisotopic (exact) mass is 408 g/mol. The summed E-state index contributed by atoms with van der Waals surface area (Å²) >= 11 is 0. The Kier molecular flexibility index (Phi) is 5.15. The van der Waals surface area contributed by atoms with E-state index >= 15 is 0 Å². The summed E-state index contributed by atoms with van der Waals surface area (Å²) in [5.41, 5.74) is 1.94. The zero-order chi connectivity index (χ0) is 21.3. The van der Waals surface area contributed by atoms with Gasteiger partial charge in [0.05, 0.1) is 23.7 Å². The van der Waals surface area contributed by atoms with Gasteiger partial charge in [-0.2, -0.15) is 4.98 Å². The summed E-state index contributed by atoms with van der Waals surface area (Å²) in [7, 11) is 0. The molecule has 0 saturated heterocycles. The molecule has 158 valence electrons. The molecule has 0 bridgehead atoms. The maximum atomic E-state index is 4.57. The van der Waals surface area contributed by atoms with Crippen molar-refractivity contribution in [2.75, 3.05) is 27.4 Å². The van der Waals surface area contributed by atoms with Crippen LogP contribution in [0, 0.1) is 0 Å². The van der Waals surface area contributed by atoms with Crippen molar-refractivity contribution in [1.82, 2.24) is 30.1 Å². The highest BCUT2D eigenvalue weighted by molar-refractivity contribution is 5.78. The third-order valence-electron chi connectivity index (χ3n) is 5.16. The molecular weight excluding hydrogens is 380 g/mol. The average molecular weight is 409 g/mol. The molecule has 4 rings (SSSR count). The minimum Gasteiger partial charge on any atom is -0.362 e. The zero-order valence-corrected chi connectivity index (χ0v) is 17.9. The SMILES string of the molecule is CC(C)N1c2cc(Nc3ccnc(NCC(C)(C)c4nnc[nH]4)n3)ncc2NC1C. The number of rotatable bonds is 7.